The fourth-order valence-electron chi connectivity index (χ4n) is 3.02. The summed E-state index contributed by atoms with van der Waals surface area (Å²) in [6.07, 6.45) is 3.82. The fourth-order valence-corrected chi connectivity index (χ4v) is 3.21. The summed E-state index contributed by atoms with van der Waals surface area (Å²) in [6.45, 7) is 2.16. The van der Waals surface area contributed by atoms with Crippen molar-refractivity contribution in [3.05, 3.63) is 77.6 Å². The van der Waals surface area contributed by atoms with Gasteiger partial charge in [-0.2, -0.15) is 9.61 Å². The highest BCUT2D eigenvalue weighted by Crippen LogP contribution is 2.27. The number of hydrogen-bond donors (Lipinski definition) is 1. The molecule has 0 aliphatic carbocycles. The van der Waals surface area contributed by atoms with Crippen LogP contribution in [-0.2, 0) is 6.42 Å². The third kappa shape index (κ3) is 3.28. The van der Waals surface area contributed by atoms with Gasteiger partial charge in [-0.05, 0) is 30.2 Å². The van der Waals surface area contributed by atoms with Crippen molar-refractivity contribution >= 4 is 28.8 Å². The summed E-state index contributed by atoms with van der Waals surface area (Å²) in [5.74, 6) is 0.878. The number of hydrogen-bond acceptors (Lipinski definition) is 3. The molecule has 0 spiro atoms. The molecule has 4 aromatic rings. The predicted octanol–water partition coefficient (Wildman–Crippen LogP) is 5.75. The van der Waals surface area contributed by atoms with E-state index in [4.69, 9.17) is 16.6 Å². The Kier molecular flexibility index (Phi) is 4.59. The Morgan fingerprint density at radius 3 is 2.65 bits per heavy atom. The summed E-state index contributed by atoms with van der Waals surface area (Å²) >= 11 is 6.12. The zero-order valence-electron chi connectivity index (χ0n) is 14.5. The molecule has 26 heavy (non-hydrogen) atoms. The summed E-state index contributed by atoms with van der Waals surface area (Å²) in [5, 5.41) is 8.69. The van der Waals surface area contributed by atoms with E-state index < -0.39 is 0 Å². The van der Waals surface area contributed by atoms with Gasteiger partial charge in [0.15, 0.2) is 5.65 Å². The number of fused-ring (bicyclic) bond motifs is 1. The monoisotopic (exact) mass is 362 g/mol. The van der Waals surface area contributed by atoms with Gasteiger partial charge in [0.25, 0.3) is 0 Å². The number of nitrogens with one attached hydrogen (secondary N) is 1. The summed E-state index contributed by atoms with van der Waals surface area (Å²) in [6, 6.07) is 19.9. The first-order valence-electron chi connectivity index (χ1n) is 8.70. The topological polar surface area (TPSA) is 42.2 Å². The Bertz CT molecular complexity index is 1040. The summed E-state index contributed by atoms with van der Waals surface area (Å²) in [7, 11) is 0. The predicted molar refractivity (Wildman–Crippen MR) is 107 cm³/mol. The van der Waals surface area contributed by atoms with E-state index in [0.29, 0.717) is 5.02 Å². The van der Waals surface area contributed by atoms with Gasteiger partial charge in [0.05, 0.1) is 6.20 Å². The van der Waals surface area contributed by atoms with Gasteiger partial charge in [-0.1, -0.05) is 61.3 Å². The minimum absolute atomic E-state index is 0.694. The summed E-state index contributed by atoms with van der Waals surface area (Å²) < 4.78 is 1.85. The van der Waals surface area contributed by atoms with Crippen molar-refractivity contribution < 1.29 is 0 Å². The van der Waals surface area contributed by atoms with Crippen LogP contribution >= 0.6 is 11.6 Å². The SMILES string of the molecule is CCCc1cc(Nc2cccc(Cl)c2)n2ncc(-c3ccccc3)c2n1. The van der Waals surface area contributed by atoms with Crippen molar-refractivity contribution in [3.8, 4) is 11.1 Å². The molecular weight excluding hydrogens is 344 g/mol. The minimum atomic E-state index is 0.694. The highest BCUT2D eigenvalue weighted by atomic mass is 35.5. The molecule has 4 rings (SSSR count). The van der Waals surface area contributed by atoms with Crippen LogP contribution < -0.4 is 5.32 Å². The molecule has 0 atom stereocenters. The van der Waals surface area contributed by atoms with Gasteiger partial charge in [0.2, 0.25) is 0 Å². The van der Waals surface area contributed by atoms with E-state index in [1.54, 1.807) is 0 Å². The van der Waals surface area contributed by atoms with Crippen molar-refractivity contribution in [1.82, 2.24) is 14.6 Å². The van der Waals surface area contributed by atoms with Crippen molar-refractivity contribution in [3.63, 3.8) is 0 Å². The molecule has 0 radical (unpaired) electrons. The Balaban J connectivity index is 1.85. The highest BCUT2D eigenvalue weighted by Gasteiger charge is 2.13. The third-order valence-corrected chi connectivity index (χ3v) is 4.45. The molecule has 1 N–H and O–H groups in total. The van der Waals surface area contributed by atoms with E-state index in [2.05, 4.69) is 35.5 Å². The van der Waals surface area contributed by atoms with Gasteiger partial charge < -0.3 is 5.32 Å². The molecule has 0 aliphatic rings. The number of aromatic nitrogens is 3. The smallest absolute Gasteiger partial charge is 0.165 e. The Morgan fingerprint density at radius 2 is 1.88 bits per heavy atom. The zero-order chi connectivity index (χ0) is 17.9. The number of benzene rings is 2. The fraction of sp³-hybridized carbons (Fsp3) is 0.143. The number of anilines is 2. The Morgan fingerprint density at radius 1 is 1.04 bits per heavy atom. The van der Waals surface area contributed by atoms with Gasteiger partial charge in [-0.15, -0.1) is 0 Å². The van der Waals surface area contributed by atoms with Gasteiger partial charge in [-0.3, -0.25) is 0 Å². The highest BCUT2D eigenvalue weighted by molar-refractivity contribution is 6.30. The maximum absolute atomic E-state index is 6.12. The quantitative estimate of drug-likeness (QED) is 0.491. The van der Waals surface area contributed by atoms with Crippen molar-refractivity contribution in [2.75, 3.05) is 5.32 Å². The average molecular weight is 363 g/mol. The van der Waals surface area contributed by atoms with Gasteiger partial charge in [-0.25, -0.2) is 4.98 Å². The molecule has 2 aromatic carbocycles. The first-order valence-corrected chi connectivity index (χ1v) is 9.08. The number of aryl methyl sites for hydroxylation is 1. The second kappa shape index (κ2) is 7.18. The van der Waals surface area contributed by atoms with Crippen LogP contribution in [0, 0.1) is 0 Å². The van der Waals surface area contributed by atoms with Gasteiger partial charge >= 0.3 is 0 Å². The largest absolute Gasteiger partial charge is 0.340 e. The second-order valence-corrected chi connectivity index (χ2v) is 6.61. The lowest BCUT2D eigenvalue weighted by Gasteiger charge is -2.11. The maximum atomic E-state index is 6.12. The van der Waals surface area contributed by atoms with Crippen molar-refractivity contribution in [2.24, 2.45) is 0 Å². The molecule has 0 amide bonds. The molecule has 2 heterocycles. The van der Waals surface area contributed by atoms with Crippen LogP contribution in [0.2, 0.25) is 5.02 Å². The average Bonchev–Trinajstić information content (AvgIpc) is 3.07. The lowest BCUT2D eigenvalue weighted by atomic mass is 10.1. The summed E-state index contributed by atoms with van der Waals surface area (Å²) in [5.41, 5.74) is 4.95. The molecule has 2 aromatic heterocycles. The molecule has 0 unspecified atom stereocenters. The molecule has 0 fully saturated rings. The molecule has 0 saturated heterocycles. The van der Waals surface area contributed by atoms with Gasteiger partial charge in [0.1, 0.15) is 5.82 Å². The van der Waals surface area contributed by atoms with Crippen molar-refractivity contribution in [2.45, 2.75) is 19.8 Å². The minimum Gasteiger partial charge on any atom is -0.340 e. The maximum Gasteiger partial charge on any atom is 0.165 e. The van der Waals surface area contributed by atoms with Crippen LogP contribution in [0.25, 0.3) is 16.8 Å². The van der Waals surface area contributed by atoms with E-state index in [1.807, 2.05) is 53.2 Å². The lowest BCUT2D eigenvalue weighted by molar-refractivity contribution is 0.862. The molecule has 5 heteroatoms. The van der Waals surface area contributed by atoms with Crippen LogP contribution in [0.5, 0.6) is 0 Å². The molecule has 130 valence electrons. The molecule has 4 nitrogen and oxygen atoms in total. The van der Waals surface area contributed by atoms with Crippen LogP contribution in [0.1, 0.15) is 19.0 Å². The number of rotatable bonds is 5. The molecular formula is C21H19ClN4. The van der Waals surface area contributed by atoms with Crippen molar-refractivity contribution in [1.29, 1.82) is 0 Å². The van der Waals surface area contributed by atoms with Crippen LogP contribution in [0.15, 0.2) is 66.9 Å². The number of halogens is 1. The lowest BCUT2D eigenvalue weighted by Crippen LogP contribution is -2.04. The molecule has 0 saturated carbocycles. The van der Waals surface area contributed by atoms with Crippen LogP contribution in [0.3, 0.4) is 0 Å². The Hall–Kier alpha value is -2.85. The van der Waals surface area contributed by atoms with E-state index in [9.17, 15) is 0 Å². The van der Waals surface area contributed by atoms with E-state index >= 15 is 0 Å². The molecule has 0 bridgehead atoms. The zero-order valence-corrected chi connectivity index (χ0v) is 15.2. The van der Waals surface area contributed by atoms with Crippen LogP contribution in [-0.4, -0.2) is 14.6 Å². The first kappa shape index (κ1) is 16.6. The van der Waals surface area contributed by atoms with Crippen LogP contribution in [0.4, 0.5) is 11.5 Å². The Labute approximate surface area is 157 Å². The molecule has 0 aliphatic heterocycles. The standard InChI is InChI=1S/C21H19ClN4/c1-2-7-17-13-20(24-18-11-6-10-16(22)12-18)26-21(25-17)19(14-23-26)15-8-4-3-5-9-15/h3-6,8-14,24H,2,7H2,1H3. The van der Waals surface area contributed by atoms with Gasteiger partial charge in [0, 0.05) is 28.0 Å². The summed E-state index contributed by atoms with van der Waals surface area (Å²) in [4.78, 5) is 4.86. The normalized spacial score (nSPS) is 11.0. The first-order chi connectivity index (χ1) is 12.7. The second-order valence-electron chi connectivity index (χ2n) is 6.18. The van der Waals surface area contributed by atoms with E-state index in [-0.39, 0.29) is 0 Å². The van der Waals surface area contributed by atoms with E-state index in [0.717, 1.165) is 46.8 Å². The third-order valence-electron chi connectivity index (χ3n) is 4.21. The number of nitrogens with zero attached hydrogens (tertiary/aromatic N) is 3. The van der Waals surface area contributed by atoms with E-state index in [1.165, 1.54) is 0 Å².